The van der Waals surface area contributed by atoms with E-state index in [0.29, 0.717) is 65.2 Å². The standard InChI is InChI=1S/C23H23ClFN5O2/c1-30(2)7-5-21(31)28-16-9-14(12-26-13-16)17-11-20(18-10-15(24)3-4-19(18)25)29-23-22(17)32-8-6-27-23/h3-4,9-13H,5-8H2,1-2H3,(H,27,29)(H,28,31). The van der Waals surface area contributed by atoms with Crippen molar-refractivity contribution in [3.8, 4) is 28.1 Å². The third kappa shape index (κ3) is 4.98. The van der Waals surface area contributed by atoms with Crippen LogP contribution in [0.5, 0.6) is 5.75 Å². The molecule has 2 aromatic heterocycles. The van der Waals surface area contributed by atoms with Gasteiger partial charge < -0.3 is 20.3 Å². The number of hydrogen-bond acceptors (Lipinski definition) is 6. The summed E-state index contributed by atoms with van der Waals surface area (Å²) in [4.78, 5) is 23.0. The molecule has 3 heterocycles. The Bertz CT molecular complexity index is 1160. The summed E-state index contributed by atoms with van der Waals surface area (Å²) >= 11 is 6.09. The van der Waals surface area contributed by atoms with Gasteiger partial charge in [0.15, 0.2) is 11.6 Å². The van der Waals surface area contributed by atoms with Crippen LogP contribution in [0.2, 0.25) is 5.02 Å². The highest BCUT2D eigenvalue weighted by Gasteiger charge is 2.21. The summed E-state index contributed by atoms with van der Waals surface area (Å²) in [5, 5.41) is 6.49. The Morgan fingerprint density at radius 3 is 2.91 bits per heavy atom. The maximum Gasteiger partial charge on any atom is 0.225 e. The molecule has 3 aromatic rings. The topological polar surface area (TPSA) is 79.4 Å². The van der Waals surface area contributed by atoms with E-state index in [1.54, 1.807) is 24.5 Å². The fourth-order valence-electron chi connectivity index (χ4n) is 3.37. The van der Waals surface area contributed by atoms with Crippen LogP contribution in [0.25, 0.3) is 22.4 Å². The number of pyridine rings is 2. The Kier molecular flexibility index (Phi) is 6.53. The zero-order valence-corrected chi connectivity index (χ0v) is 18.5. The van der Waals surface area contributed by atoms with E-state index in [1.165, 1.54) is 12.1 Å². The number of rotatable bonds is 6. The second-order valence-corrected chi connectivity index (χ2v) is 8.13. The molecule has 1 aliphatic heterocycles. The van der Waals surface area contributed by atoms with Crippen molar-refractivity contribution in [2.24, 2.45) is 0 Å². The first-order valence-corrected chi connectivity index (χ1v) is 10.6. The van der Waals surface area contributed by atoms with Crippen molar-refractivity contribution in [2.45, 2.75) is 6.42 Å². The van der Waals surface area contributed by atoms with Gasteiger partial charge in [-0.3, -0.25) is 9.78 Å². The monoisotopic (exact) mass is 455 g/mol. The molecule has 0 bridgehead atoms. The Morgan fingerprint density at radius 2 is 2.09 bits per heavy atom. The number of carbonyl (C=O) groups excluding carboxylic acids is 1. The van der Waals surface area contributed by atoms with Crippen molar-refractivity contribution in [1.29, 1.82) is 0 Å². The lowest BCUT2D eigenvalue weighted by molar-refractivity contribution is -0.116. The summed E-state index contributed by atoms with van der Waals surface area (Å²) < 4.78 is 20.4. The highest BCUT2D eigenvalue weighted by Crippen LogP contribution is 2.41. The average Bonchev–Trinajstić information content (AvgIpc) is 2.78. The van der Waals surface area contributed by atoms with Crippen LogP contribution >= 0.6 is 11.6 Å². The maximum atomic E-state index is 14.5. The van der Waals surface area contributed by atoms with E-state index in [9.17, 15) is 9.18 Å². The van der Waals surface area contributed by atoms with E-state index < -0.39 is 5.82 Å². The van der Waals surface area contributed by atoms with Gasteiger partial charge in [0.25, 0.3) is 0 Å². The molecule has 4 rings (SSSR count). The first-order chi connectivity index (χ1) is 15.4. The SMILES string of the molecule is CN(C)CCC(=O)Nc1cncc(-c2cc(-c3cc(Cl)ccc3F)nc3c2OCCN3)c1. The molecule has 0 radical (unpaired) electrons. The first kappa shape index (κ1) is 22.0. The molecular weight excluding hydrogens is 433 g/mol. The Hall–Kier alpha value is -3.23. The van der Waals surface area contributed by atoms with Crippen LogP contribution in [0.15, 0.2) is 42.7 Å². The lowest BCUT2D eigenvalue weighted by Gasteiger charge is -2.22. The van der Waals surface area contributed by atoms with Crippen LogP contribution in [0.3, 0.4) is 0 Å². The number of amides is 1. The van der Waals surface area contributed by atoms with Crippen molar-refractivity contribution in [3.05, 3.63) is 53.6 Å². The van der Waals surface area contributed by atoms with Gasteiger partial charge in [-0.2, -0.15) is 0 Å². The molecule has 0 spiro atoms. The predicted octanol–water partition coefficient (Wildman–Crippen LogP) is 4.30. The minimum absolute atomic E-state index is 0.103. The van der Waals surface area contributed by atoms with Crippen LogP contribution in [0.1, 0.15) is 6.42 Å². The van der Waals surface area contributed by atoms with Gasteiger partial charge in [-0.25, -0.2) is 9.37 Å². The zero-order chi connectivity index (χ0) is 22.7. The number of ether oxygens (including phenoxy) is 1. The number of benzene rings is 1. The molecule has 166 valence electrons. The number of aromatic nitrogens is 2. The minimum Gasteiger partial charge on any atom is -0.487 e. The maximum absolute atomic E-state index is 14.5. The summed E-state index contributed by atoms with van der Waals surface area (Å²) in [5.74, 6) is 0.544. The van der Waals surface area contributed by atoms with Gasteiger partial charge in [0, 0.05) is 40.9 Å². The van der Waals surface area contributed by atoms with E-state index in [2.05, 4.69) is 20.6 Å². The highest BCUT2D eigenvalue weighted by molar-refractivity contribution is 6.30. The molecule has 32 heavy (non-hydrogen) atoms. The van der Waals surface area contributed by atoms with Crippen molar-refractivity contribution >= 4 is 29.0 Å². The normalized spacial score (nSPS) is 12.7. The van der Waals surface area contributed by atoms with Gasteiger partial charge in [-0.05, 0) is 44.4 Å². The van der Waals surface area contributed by atoms with Crippen LogP contribution in [0, 0.1) is 5.82 Å². The number of nitrogens with zero attached hydrogens (tertiary/aromatic N) is 3. The third-order valence-electron chi connectivity index (χ3n) is 4.94. The number of hydrogen-bond donors (Lipinski definition) is 2. The lowest BCUT2D eigenvalue weighted by atomic mass is 10.0. The summed E-state index contributed by atoms with van der Waals surface area (Å²) in [7, 11) is 3.83. The van der Waals surface area contributed by atoms with Crippen LogP contribution < -0.4 is 15.4 Å². The summed E-state index contributed by atoms with van der Waals surface area (Å²) in [5.41, 5.74) is 2.66. The Morgan fingerprint density at radius 1 is 1.25 bits per heavy atom. The fraction of sp³-hybridized carbons (Fsp3) is 0.261. The van der Waals surface area contributed by atoms with Crippen molar-refractivity contribution < 1.29 is 13.9 Å². The van der Waals surface area contributed by atoms with Gasteiger partial charge in [-0.15, -0.1) is 0 Å². The largest absolute Gasteiger partial charge is 0.487 e. The Balaban J connectivity index is 1.73. The molecular formula is C23H23ClFN5O2. The molecule has 0 aliphatic carbocycles. The first-order valence-electron chi connectivity index (χ1n) is 10.2. The minimum atomic E-state index is -0.426. The van der Waals surface area contributed by atoms with Crippen LogP contribution in [-0.4, -0.2) is 54.6 Å². The molecule has 0 saturated heterocycles. The zero-order valence-electron chi connectivity index (χ0n) is 17.8. The number of nitrogens with one attached hydrogen (secondary N) is 2. The van der Waals surface area contributed by atoms with Gasteiger partial charge in [0.05, 0.1) is 24.1 Å². The second kappa shape index (κ2) is 9.50. The molecule has 9 heteroatoms. The third-order valence-corrected chi connectivity index (χ3v) is 5.17. The van der Waals surface area contributed by atoms with Crippen molar-refractivity contribution in [3.63, 3.8) is 0 Å². The lowest BCUT2D eigenvalue weighted by Crippen LogP contribution is -2.21. The fourth-order valence-corrected chi connectivity index (χ4v) is 3.54. The van der Waals surface area contributed by atoms with E-state index in [0.717, 1.165) is 0 Å². The Labute approximate surface area is 190 Å². The molecule has 1 aromatic carbocycles. The van der Waals surface area contributed by atoms with E-state index in [1.807, 2.05) is 25.1 Å². The quantitative estimate of drug-likeness (QED) is 0.577. The van der Waals surface area contributed by atoms with E-state index >= 15 is 0 Å². The number of anilines is 2. The molecule has 2 N–H and O–H groups in total. The molecule has 0 atom stereocenters. The van der Waals surface area contributed by atoms with Crippen molar-refractivity contribution in [2.75, 3.05) is 44.4 Å². The van der Waals surface area contributed by atoms with E-state index in [-0.39, 0.29) is 11.5 Å². The van der Waals surface area contributed by atoms with E-state index in [4.69, 9.17) is 16.3 Å². The molecule has 0 fully saturated rings. The smallest absolute Gasteiger partial charge is 0.225 e. The average molecular weight is 456 g/mol. The van der Waals surface area contributed by atoms with Gasteiger partial charge in [0.2, 0.25) is 5.91 Å². The predicted molar refractivity (Wildman–Crippen MR) is 124 cm³/mol. The number of halogens is 2. The molecule has 1 aliphatic rings. The highest BCUT2D eigenvalue weighted by atomic mass is 35.5. The molecule has 1 amide bonds. The van der Waals surface area contributed by atoms with Crippen LogP contribution in [-0.2, 0) is 4.79 Å². The second-order valence-electron chi connectivity index (χ2n) is 7.70. The summed E-state index contributed by atoms with van der Waals surface area (Å²) in [6.07, 6.45) is 3.62. The summed E-state index contributed by atoms with van der Waals surface area (Å²) in [6.45, 7) is 1.70. The van der Waals surface area contributed by atoms with Gasteiger partial charge >= 0.3 is 0 Å². The number of fused-ring (bicyclic) bond motifs is 1. The van der Waals surface area contributed by atoms with Gasteiger partial charge in [-0.1, -0.05) is 11.6 Å². The molecule has 0 saturated carbocycles. The van der Waals surface area contributed by atoms with Gasteiger partial charge in [0.1, 0.15) is 12.4 Å². The number of carbonyl (C=O) groups is 1. The summed E-state index contributed by atoms with van der Waals surface area (Å²) in [6, 6.07) is 7.90. The van der Waals surface area contributed by atoms with Crippen LogP contribution in [0.4, 0.5) is 15.9 Å². The molecule has 7 nitrogen and oxygen atoms in total. The van der Waals surface area contributed by atoms with Crippen molar-refractivity contribution in [1.82, 2.24) is 14.9 Å². The molecule has 0 unspecified atom stereocenters.